The van der Waals surface area contributed by atoms with Crippen LogP contribution < -0.4 is 0 Å². The molecule has 3 aliphatic rings. The zero-order valence-corrected chi connectivity index (χ0v) is 35.9. The molecule has 2 aliphatic heterocycles. The van der Waals surface area contributed by atoms with Crippen molar-refractivity contribution in [2.24, 2.45) is 35.5 Å². The maximum Gasteiger partial charge on any atom is 0.226 e. The number of hydrogen-bond donors (Lipinski definition) is 0. The number of methoxy groups -OCH3 is 3. The van der Waals surface area contributed by atoms with Gasteiger partial charge < -0.3 is 24.0 Å². The summed E-state index contributed by atoms with van der Waals surface area (Å²) in [5, 5.41) is 0. The van der Waals surface area contributed by atoms with Gasteiger partial charge in [0.1, 0.15) is 5.78 Å². The Morgan fingerprint density at radius 1 is 0.964 bits per heavy atom. The number of Topliss-reactive ketones (excluding diaryl/α,β-unsaturated/α-hetero) is 2. The molecular weight excluding hydrogens is 695 g/mol. The smallest absolute Gasteiger partial charge is 0.226 e. The van der Waals surface area contributed by atoms with Crippen molar-refractivity contribution in [2.75, 3.05) is 48.6 Å². The van der Waals surface area contributed by atoms with Gasteiger partial charge in [-0.2, -0.15) is 0 Å². The molecule has 0 radical (unpaired) electrons. The monoisotopic (exact) mass is 768 g/mol. The van der Waals surface area contributed by atoms with Crippen LogP contribution in [0.4, 0.5) is 0 Å². The summed E-state index contributed by atoms with van der Waals surface area (Å²) in [6.45, 7) is 13.3. The predicted molar refractivity (Wildman–Crippen MR) is 217 cm³/mol. The van der Waals surface area contributed by atoms with Crippen LogP contribution in [-0.4, -0.2) is 123 Å². The maximum atomic E-state index is 14.4. The summed E-state index contributed by atoms with van der Waals surface area (Å²) < 4.78 is 17.7. The van der Waals surface area contributed by atoms with Gasteiger partial charge in [-0.3, -0.25) is 24.1 Å². The highest BCUT2D eigenvalue weighted by Gasteiger charge is 2.48. The first-order valence-electron chi connectivity index (χ1n) is 21.1. The first kappa shape index (κ1) is 45.0. The van der Waals surface area contributed by atoms with E-state index in [0.717, 1.165) is 44.9 Å². The Morgan fingerprint density at radius 2 is 1.69 bits per heavy atom. The first-order chi connectivity index (χ1) is 26.2. The molecule has 10 nitrogen and oxygen atoms in total. The number of ketones is 2. The van der Waals surface area contributed by atoms with Crippen molar-refractivity contribution in [3.05, 3.63) is 35.4 Å². The van der Waals surface area contributed by atoms with Crippen molar-refractivity contribution in [3.8, 4) is 0 Å². The molecule has 0 spiro atoms. The molecule has 0 N–H and O–H groups in total. The Balaban J connectivity index is 1.45. The lowest BCUT2D eigenvalue weighted by Crippen LogP contribution is -2.54. The number of likely N-dealkylation sites (N-methyl/N-ethyl adjacent to an activating group) is 2. The van der Waals surface area contributed by atoms with E-state index in [9.17, 15) is 19.2 Å². The minimum atomic E-state index is -0.547. The number of carbonyl (C=O) groups is 4. The SMILES string of the molecule is CC[C@H](C)[C@@H]([C@@H](CC(=O)N1CCC[C@H]1[C@H](OC)[C@@H](C)C(=O)C[C@H](COC)Cc1cccc(C)c1)OC)N(C)C(=O)[C@@H](CC(=O)[C@@H]1[C@H]2CC[C@H](C2)N1C)C(C)C. The second kappa shape index (κ2) is 20.7. The summed E-state index contributed by atoms with van der Waals surface area (Å²) in [5.74, 6) is -0.239. The van der Waals surface area contributed by atoms with Crippen molar-refractivity contribution in [3.63, 3.8) is 0 Å². The fourth-order valence-electron chi connectivity index (χ4n) is 10.3. The van der Waals surface area contributed by atoms with Crippen LogP contribution in [0.5, 0.6) is 0 Å². The van der Waals surface area contributed by atoms with Crippen LogP contribution in [0.2, 0.25) is 0 Å². The molecule has 3 fully saturated rings. The summed E-state index contributed by atoms with van der Waals surface area (Å²) in [7, 11) is 8.81. The number of fused-ring (bicyclic) bond motifs is 2. The molecule has 11 atom stereocenters. The topological polar surface area (TPSA) is 106 Å². The van der Waals surface area contributed by atoms with Gasteiger partial charge in [-0.15, -0.1) is 0 Å². The number of nitrogens with zero attached hydrogens (tertiary/aromatic N) is 3. The van der Waals surface area contributed by atoms with E-state index < -0.39 is 24.0 Å². The summed E-state index contributed by atoms with van der Waals surface area (Å²) >= 11 is 0. The van der Waals surface area contributed by atoms with E-state index in [1.54, 1.807) is 26.2 Å². The van der Waals surface area contributed by atoms with Gasteiger partial charge in [0.2, 0.25) is 11.8 Å². The lowest BCUT2D eigenvalue weighted by Gasteiger charge is -2.41. The van der Waals surface area contributed by atoms with Crippen LogP contribution in [0.1, 0.15) is 104 Å². The molecule has 1 aliphatic carbocycles. The third-order valence-electron chi connectivity index (χ3n) is 13.6. The zero-order chi connectivity index (χ0) is 40.6. The van der Waals surface area contributed by atoms with Crippen LogP contribution in [0.3, 0.4) is 0 Å². The summed E-state index contributed by atoms with van der Waals surface area (Å²) in [6, 6.07) is 8.15. The molecule has 2 amide bonds. The largest absolute Gasteiger partial charge is 0.384 e. The Hall–Kier alpha value is -2.66. The summed E-state index contributed by atoms with van der Waals surface area (Å²) in [6.07, 6.45) is 6.14. The minimum Gasteiger partial charge on any atom is -0.384 e. The molecule has 2 bridgehead atoms. The molecule has 10 heteroatoms. The molecule has 1 aromatic carbocycles. The molecule has 1 aromatic rings. The average molecular weight is 768 g/mol. The fraction of sp³-hybridized carbons (Fsp3) is 0.778. The van der Waals surface area contributed by atoms with Gasteiger partial charge in [-0.1, -0.05) is 70.9 Å². The standard InChI is InChI=1S/C45H73N3O7/c1-12-30(5)42(47(8)45(52)36(28(2)3)25-39(50)43-34-18-19-35(24-34)46(43)7)40(54-10)26-41(51)48-20-14-17-37(48)44(55-11)31(6)38(49)23-33(27-53-9)22-32-16-13-15-29(4)21-32/h13,15-16,21,28,30-31,33-37,40,42-44H,12,14,17-20,22-27H2,1-11H3/t30-,31-,33+,34-,35+,36-,37-,40+,42-,43-,44+/m0/s1. The number of aryl methyl sites for hydroxylation is 1. The quantitative estimate of drug-likeness (QED) is 0.134. The fourth-order valence-corrected chi connectivity index (χ4v) is 10.3. The number of amides is 2. The molecular formula is C45H73N3O7. The summed E-state index contributed by atoms with van der Waals surface area (Å²) in [5.41, 5.74) is 2.37. The van der Waals surface area contributed by atoms with Crippen LogP contribution in [0, 0.1) is 42.4 Å². The van der Waals surface area contributed by atoms with Crippen LogP contribution >= 0.6 is 0 Å². The van der Waals surface area contributed by atoms with E-state index in [4.69, 9.17) is 14.2 Å². The Labute approximate surface area is 332 Å². The molecule has 310 valence electrons. The van der Waals surface area contributed by atoms with E-state index in [2.05, 4.69) is 50.9 Å². The van der Waals surface area contributed by atoms with E-state index in [1.807, 2.05) is 38.8 Å². The van der Waals surface area contributed by atoms with Gasteiger partial charge in [-0.05, 0) is 81.7 Å². The predicted octanol–water partition coefficient (Wildman–Crippen LogP) is 6.39. The summed E-state index contributed by atoms with van der Waals surface area (Å²) in [4.78, 5) is 62.3. The third kappa shape index (κ3) is 10.8. The van der Waals surface area contributed by atoms with Crippen LogP contribution in [0.15, 0.2) is 24.3 Å². The molecule has 2 saturated heterocycles. The van der Waals surface area contributed by atoms with Gasteiger partial charge in [0, 0.05) is 72.2 Å². The minimum absolute atomic E-state index is 0.0173. The van der Waals surface area contributed by atoms with Gasteiger partial charge in [-0.25, -0.2) is 0 Å². The number of likely N-dealkylation sites (tertiary alicyclic amines) is 2. The van der Waals surface area contributed by atoms with Gasteiger partial charge in [0.15, 0.2) is 5.78 Å². The number of benzene rings is 1. The van der Waals surface area contributed by atoms with Gasteiger partial charge in [0.05, 0.1) is 36.8 Å². The lowest BCUT2D eigenvalue weighted by molar-refractivity contribution is -0.149. The van der Waals surface area contributed by atoms with E-state index >= 15 is 0 Å². The highest BCUT2D eigenvalue weighted by molar-refractivity contribution is 5.90. The maximum absolute atomic E-state index is 14.4. The molecule has 0 aromatic heterocycles. The van der Waals surface area contributed by atoms with Crippen LogP contribution in [0.25, 0.3) is 0 Å². The van der Waals surface area contributed by atoms with Crippen molar-refractivity contribution >= 4 is 23.4 Å². The Bertz CT molecular complexity index is 1430. The number of piperidine rings is 1. The number of carbonyl (C=O) groups excluding carboxylic acids is 4. The average Bonchev–Trinajstić information content (AvgIpc) is 3.91. The molecule has 2 heterocycles. The van der Waals surface area contributed by atoms with Gasteiger partial charge >= 0.3 is 0 Å². The van der Waals surface area contributed by atoms with E-state index in [0.29, 0.717) is 31.5 Å². The first-order valence-corrected chi connectivity index (χ1v) is 21.1. The second-order valence-corrected chi connectivity index (χ2v) is 17.6. The number of hydrogen-bond acceptors (Lipinski definition) is 8. The van der Waals surface area contributed by atoms with Crippen molar-refractivity contribution in [2.45, 2.75) is 142 Å². The number of rotatable bonds is 22. The van der Waals surface area contributed by atoms with Gasteiger partial charge in [0.25, 0.3) is 0 Å². The Kier molecular flexibility index (Phi) is 16.9. The van der Waals surface area contributed by atoms with Crippen molar-refractivity contribution < 1.29 is 33.4 Å². The number of ether oxygens (including phenoxy) is 3. The Morgan fingerprint density at radius 3 is 2.27 bits per heavy atom. The molecule has 55 heavy (non-hydrogen) atoms. The van der Waals surface area contributed by atoms with E-state index in [1.165, 1.54) is 11.1 Å². The highest BCUT2D eigenvalue weighted by Crippen LogP contribution is 2.42. The highest BCUT2D eigenvalue weighted by atomic mass is 16.5. The second-order valence-electron chi connectivity index (χ2n) is 17.6. The lowest BCUT2D eigenvalue weighted by atomic mass is 9.83. The van der Waals surface area contributed by atoms with Crippen LogP contribution in [-0.2, 0) is 39.8 Å². The normalized spacial score (nSPS) is 25.1. The molecule has 1 saturated carbocycles. The molecule has 4 rings (SSSR count). The molecule has 0 unspecified atom stereocenters. The zero-order valence-electron chi connectivity index (χ0n) is 35.9. The van der Waals surface area contributed by atoms with Crippen molar-refractivity contribution in [1.29, 1.82) is 0 Å². The van der Waals surface area contributed by atoms with Crippen molar-refractivity contribution in [1.82, 2.24) is 14.7 Å². The third-order valence-corrected chi connectivity index (χ3v) is 13.6. The van der Waals surface area contributed by atoms with E-state index in [-0.39, 0.29) is 72.1 Å².